The Morgan fingerprint density at radius 1 is 1.10 bits per heavy atom. The summed E-state index contributed by atoms with van der Waals surface area (Å²) in [5, 5.41) is 2.88. The molecule has 2 aromatic carbocycles. The molecule has 6 nitrogen and oxygen atoms in total. The topological polar surface area (TPSA) is 94.3 Å². The fourth-order valence-corrected chi connectivity index (χ4v) is 3.40. The Bertz CT molecular complexity index is 1090. The molecule has 0 saturated carbocycles. The number of benzene rings is 2. The van der Waals surface area contributed by atoms with Gasteiger partial charge in [0.15, 0.2) is 0 Å². The predicted molar refractivity (Wildman–Crippen MR) is 115 cm³/mol. The summed E-state index contributed by atoms with van der Waals surface area (Å²) in [6.45, 7) is 0.403. The van der Waals surface area contributed by atoms with Crippen LogP contribution in [0.4, 0.5) is 0 Å². The molecule has 0 radical (unpaired) electrons. The molecule has 1 aliphatic rings. The zero-order valence-corrected chi connectivity index (χ0v) is 16.2. The molecule has 0 spiro atoms. The number of nitrogens with zero attached hydrogens (tertiary/aromatic N) is 1. The summed E-state index contributed by atoms with van der Waals surface area (Å²) in [4.78, 5) is 27.5. The van der Waals surface area contributed by atoms with Gasteiger partial charge < -0.3 is 15.8 Å². The molecule has 0 saturated heterocycles. The van der Waals surface area contributed by atoms with Crippen molar-refractivity contribution in [3.63, 3.8) is 0 Å². The van der Waals surface area contributed by atoms with Gasteiger partial charge in [-0.1, -0.05) is 36.4 Å². The Hall–Kier alpha value is -3.93. The number of rotatable bonds is 6. The molecular weight excluding hydrogens is 378 g/mol. The van der Waals surface area contributed by atoms with E-state index in [9.17, 15) is 9.59 Å². The second kappa shape index (κ2) is 8.61. The zero-order chi connectivity index (χ0) is 20.9. The maximum Gasteiger partial charge on any atom is 0.248 e. The third-order valence-electron chi connectivity index (χ3n) is 4.91. The molecule has 1 aliphatic heterocycles. The first-order valence-electron chi connectivity index (χ1n) is 9.66. The van der Waals surface area contributed by atoms with Crippen LogP contribution >= 0.6 is 0 Å². The third-order valence-corrected chi connectivity index (χ3v) is 4.91. The number of para-hydroxylation sites is 1. The number of amides is 2. The Morgan fingerprint density at radius 2 is 1.93 bits per heavy atom. The quantitative estimate of drug-likeness (QED) is 0.623. The van der Waals surface area contributed by atoms with Gasteiger partial charge >= 0.3 is 0 Å². The highest BCUT2D eigenvalue weighted by atomic mass is 16.5. The van der Waals surface area contributed by atoms with Gasteiger partial charge in [0.05, 0.1) is 12.2 Å². The summed E-state index contributed by atoms with van der Waals surface area (Å²) >= 11 is 0. The highest BCUT2D eigenvalue weighted by molar-refractivity contribution is 5.93. The number of fused-ring (bicyclic) bond motifs is 1. The molecule has 1 atom stereocenters. The highest BCUT2D eigenvalue weighted by Gasteiger charge is 2.25. The van der Waals surface area contributed by atoms with E-state index in [-0.39, 0.29) is 12.0 Å². The number of carbonyl (C=O) groups excluding carboxylic acids is 2. The summed E-state index contributed by atoms with van der Waals surface area (Å²) in [6.07, 6.45) is 5.40. The van der Waals surface area contributed by atoms with Crippen LogP contribution in [0.5, 0.6) is 5.75 Å². The van der Waals surface area contributed by atoms with Gasteiger partial charge in [-0.25, -0.2) is 0 Å². The maximum atomic E-state index is 12.1. The molecule has 0 bridgehead atoms. The average molecular weight is 399 g/mol. The van der Waals surface area contributed by atoms with Gasteiger partial charge in [-0.2, -0.15) is 0 Å². The van der Waals surface area contributed by atoms with E-state index in [1.807, 2.05) is 48.5 Å². The molecular formula is C24H21N3O3. The SMILES string of the molecule is NC(=O)c1ccc(-c2cccc3c2OC(CNC(=O)/C=C/c2ccccn2)C3)cc1. The van der Waals surface area contributed by atoms with E-state index >= 15 is 0 Å². The van der Waals surface area contributed by atoms with Gasteiger partial charge in [-0.05, 0) is 41.5 Å². The molecule has 30 heavy (non-hydrogen) atoms. The van der Waals surface area contributed by atoms with Crippen molar-refractivity contribution in [2.24, 2.45) is 5.73 Å². The number of nitrogens with two attached hydrogens (primary N) is 1. The van der Waals surface area contributed by atoms with Crippen molar-refractivity contribution in [3.8, 4) is 16.9 Å². The minimum atomic E-state index is -0.455. The molecule has 0 aliphatic carbocycles. The number of nitrogens with one attached hydrogen (secondary N) is 1. The number of carbonyl (C=O) groups is 2. The maximum absolute atomic E-state index is 12.1. The molecule has 0 fully saturated rings. The summed E-state index contributed by atoms with van der Waals surface area (Å²) in [5.41, 5.74) is 9.50. The van der Waals surface area contributed by atoms with Gasteiger partial charge in [0.1, 0.15) is 11.9 Å². The first kappa shape index (κ1) is 19.4. The van der Waals surface area contributed by atoms with Crippen molar-refractivity contribution in [2.45, 2.75) is 12.5 Å². The van der Waals surface area contributed by atoms with Crippen LogP contribution in [0.2, 0.25) is 0 Å². The standard InChI is InChI=1S/C24H21N3O3/c25-24(29)17-9-7-16(8-10-17)21-6-3-4-18-14-20(30-23(18)21)15-27-22(28)12-11-19-5-1-2-13-26-19/h1-13,20H,14-15H2,(H2,25,29)(H,27,28)/b12-11+. The van der Waals surface area contributed by atoms with Crippen LogP contribution in [0.1, 0.15) is 21.6 Å². The summed E-state index contributed by atoms with van der Waals surface area (Å²) < 4.78 is 6.14. The van der Waals surface area contributed by atoms with Crippen LogP contribution in [0.15, 0.2) is 72.9 Å². The van der Waals surface area contributed by atoms with Crippen LogP contribution in [0.3, 0.4) is 0 Å². The number of hydrogen-bond acceptors (Lipinski definition) is 4. The smallest absolute Gasteiger partial charge is 0.248 e. The van der Waals surface area contributed by atoms with Crippen molar-refractivity contribution < 1.29 is 14.3 Å². The minimum Gasteiger partial charge on any atom is -0.487 e. The molecule has 6 heteroatoms. The van der Waals surface area contributed by atoms with Gasteiger partial charge in [-0.15, -0.1) is 0 Å². The second-order valence-corrected chi connectivity index (χ2v) is 7.01. The molecule has 4 rings (SSSR count). The van der Waals surface area contributed by atoms with Crippen molar-refractivity contribution in [2.75, 3.05) is 6.54 Å². The van der Waals surface area contributed by atoms with Gasteiger partial charge in [0.25, 0.3) is 0 Å². The Morgan fingerprint density at radius 3 is 2.67 bits per heavy atom. The number of hydrogen-bond donors (Lipinski definition) is 2. The lowest BCUT2D eigenvalue weighted by molar-refractivity contribution is -0.116. The first-order chi connectivity index (χ1) is 14.6. The fraction of sp³-hybridized carbons (Fsp3) is 0.125. The zero-order valence-electron chi connectivity index (χ0n) is 16.2. The molecule has 3 aromatic rings. The molecule has 1 aromatic heterocycles. The number of aromatic nitrogens is 1. The van der Waals surface area contributed by atoms with Crippen LogP contribution in [0.25, 0.3) is 17.2 Å². The van der Waals surface area contributed by atoms with Gasteiger partial charge in [0, 0.05) is 29.8 Å². The lowest BCUT2D eigenvalue weighted by Crippen LogP contribution is -2.33. The average Bonchev–Trinajstić information content (AvgIpc) is 3.20. The van der Waals surface area contributed by atoms with Crippen molar-refractivity contribution >= 4 is 17.9 Å². The van der Waals surface area contributed by atoms with E-state index in [4.69, 9.17) is 10.5 Å². The summed E-state index contributed by atoms with van der Waals surface area (Å²) in [5.74, 6) is 0.166. The number of pyridine rings is 1. The van der Waals surface area contributed by atoms with Crippen molar-refractivity contribution in [1.29, 1.82) is 0 Å². The Balaban J connectivity index is 1.40. The molecule has 2 heterocycles. The van der Waals surface area contributed by atoms with Crippen LogP contribution in [-0.4, -0.2) is 29.4 Å². The fourth-order valence-electron chi connectivity index (χ4n) is 3.40. The third kappa shape index (κ3) is 4.38. The minimum absolute atomic E-state index is 0.141. The largest absolute Gasteiger partial charge is 0.487 e. The van der Waals surface area contributed by atoms with E-state index in [0.29, 0.717) is 18.5 Å². The molecule has 3 N–H and O–H groups in total. The lowest BCUT2D eigenvalue weighted by atomic mass is 9.99. The second-order valence-electron chi connectivity index (χ2n) is 7.01. The van der Waals surface area contributed by atoms with E-state index < -0.39 is 5.91 Å². The van der Waals surface area contributed by atoms with Gasteiger partial charge in [-0.3, -0.25) is 14.6 Å². The highest BCUT2D eigenvalue weighted by Crippen LogP contribution is 2.38. The van der Waals surface area contributed by atoms with Crippen molar-refractivity contribution in [3.05, 3.63) is 89.8 Å². The van der Waals surface area contributed by atoms with Crippen LogP contribution in [-0.2, 0) is 11.2 Å². The van der Waals surface area contributed by atoms with Crippen LogP contribution < -0.4 is 15.8 Å². The van der Waals surface area contributed by atoms with Crippen molar-refractivity contribution in [1.82, 2.24) is 10.3 Å². The van der Waals surface area contributed by atoms with E-state index in [1.165, 1.54) is 6.08 Å². The molecule has 150 valence electrons. The van der Waals surface area contributed by atoms with Crippen LogP contribution in [0, 0.1) is 0 Å². The summed E-state index contributed by atoms with van der Waals surface area (Å²) in [6, 6.07) is 18.6. The molecule has 1 unspecified atom stereocenters. The Kier molecular flexibility index (Phi) is 5.57. The monoisotopic (exact) mass is 399 g/mol. The van der Waals surface area contributed by atoms with E-state index in [2.05, 4.69) is 10.3 Å². The number of primary amides is 1. The van der Waals surface area contributed by atoms with E-state index in [0.717, 1.165) is 28.1 Å². The van der Waals surface area contributed by atoms with Gasteiger partial charge in [0.2, 0.25) is 11.8 Å². The first-order valence-corrected chi connectivity index (χ1v) is 9.66. The normalized spacial score (nSPS) is 14.9. The lowest BCUT2D eigenvalue weighted by Gasteiger charge is -2.13. The predicted octanol–water partition coefficient (Wildman–Crippen LogP) is 2.98. The number of ether oxygens (including phenoxy) is 1. The van der Waals surface area contributed by atoms with E-state index in [1.54, 1.807) is 24.4 Å². The summed E-state index contributed by atoms with van der Waals surface area (Å²) in [7, 11) is 0. The Labute approximate surface area is 174 Å². The molecule has 2 amide bonds.